The molecule has 0 radical (unpaired) electrons. The van der Waals surface area contributed by atoms with Crippen LogP contribution in [0.15, 0.2) is 60.7 Å². The lowest BCUT2D eigenvalue weighted by atomic mass is 10.2. The first-order valence-corrected chi connectivity index (χ1v) is 9.21. The van der Waals surface area contributed by atoms with E-state index in [1.807, 2.05) is 24.3 Å². The summed E-state index contributed by atoms with van der Waals surface area (Å²) < 4.78 is 0. The minimum atomic E-state index is -0.182. The Labute approximate surface area is 168 Å². The molecule has 140 valence electrons. The van der Waals surface area contributed by atoms with E-state index >= 15 is 0 Å². The number of nitrogens with one attached hydrogen (secondary N) is 2. The Kier molecular flexibility index (Phi) is 8.62. The molecule has 0 aliphatic heterocycles. The molecular weight excluding hydrogens is 383 g/mol. The Bertz CT molecular complexity index is 744. The number of benzene rings is 2. The van der Waals surface area contributed by atoms with Gasteiger partial charge in [-0.15, -0.1) is 0 Å². The number of carbonyl (C=O) groups excluding carboxylic acids is 2. The topological polar surface area (TPSA) is 58.2 Å². The first-order chi connectivity index (χ1) is 13.0. The average molecular weight is 403 g/mol. The number of amides is 2. The number of hydrogen-bond donors (Lipinski definition) is 2. The van der Waals surface area contributed by atoms with Crippen molar-refractivity contribution in [2.24, 2.45) is 0 Å². The summed E-state index contributed by atoms with van der Waals surface area (Å²) in [4.78, 5) is 23.5. The maximum atomic E-state index is 11.7. The number of hydrogen-bond acceptors (Lipinski definition) is 2. The van der Waals surface area contributed by atoms with Gasteiger partial charge in [0, 0.05) is 35.3 Å². The molecule has 0 saturated carbocycles. The van der Waals surface area contributed by atoms with E-state index in [4.69, 9.17) is 23.2 Å². The molecule has 0 spiro atoms. The fraction of sp³-hybridized carbons (Fsp3) is 0.143. The van der Waals surface area contributed by atoms with Crippen molar-refractivity contribution in [1.29, 1.82) is 0 Å². The third-order valence-corrected chi connectivity index (χ3v) is 4.05. The van der Waals surface area contributed by atoms with E-state index in [1.165, 1.54) is 12.2 Å². The summed E-state index contributed by atoms with van der Waals surface area (Å²) in [5, 5.41) is 6.84. The van der Waals surface area contributed by atoms with Gasteiger partial charge in [-0.1, -0.05) is 47.5 Å². The molecule has 2 rings (SSSR count). The summed E-state index contributed by atoms with van der Waals surface area (Å²) >= 11 is 11.6. The molecule has 0 aliphatic rings. The lowest BCUT2D eigenvalue weighted by Crippen LogP contribution is -2.28. The van der Waals surface area contributed by atoms with Gasteiger partial charge in [-0.2, -0.15) is 0 Å². The van der Waals surface area contributed by atoms with E-state index < -0.39 is 0 Å². The van der Waals surface area contributed by atoms with Crippen LogP contribution in [0.1, 0.15) is 17.5 Å². The lowest BCUT2D eigenvalue weighted by molar-refractivity contribution is -0.116. The molecular formula is C21H20Cl2N2O2. The minimum Gasteiger partial charge on any atom is -0.352 e. The molecule has 2 aromatic rings. The highest BCUT2D eigenvalue weighted by atomic mass is 35.5. The van der Waals surface area contributed by atoms with E-state index in [-0.39, 0.29) is 11.8 Å². The predicted molar refractivity (Wildman–Crippen MR) is 112 cm³/mol. The first kappa shape index (κ1) is 20.7. The monoisotopic (exact) mass is 402 g/mol. The molecule has 4 nitrogen and oxygen atoms in total. The fourth-order valence-corrected chi connectivity index (χ4v) is 2.37. The second kappa shape index (κ2) is 11.2. The van der Waals surface area contributed by atoms with Gasteiger partial charge in [0.15, 0.2) is 0 Å². The highest BCUT2D eigenvalue weighted by Gasteiger charge is 1.98. The van der Waals surface area contributed by atoms with Gasteiger partial charge in [0.1, 0.15) is 0 Å². The van der Waals surface area contributed by atoms with E-state index in [1.54, 1.807) is 36.4 Å². The van der Waals surface area contributed by atoms with Crippen molar-refractivity contribution in [2.75, 3.05) is 13.1 Å². The Morgan fingerprint density at radius 2 is 1.07 bits per heavy atom. The number of carbonyl (C=O) groups is 2. The Balaban J connectivity index is 1.60. The average Bonchev–Trinajstić information content (AvgIpc) is 2.67. The minimum absolute atomic E-state index is 0.182. The van der Waals surface area contributed by atoms with Crippen molar-refractivity contribution < 1.29 is 9.59 Å². The van der Waals surface area contributed by atoms with Gasteiger partial charge >= 0.3 is 0 Å². The molecule has 0 saturated heterocycles. The standard InChI is InChI=1S/C21H20Cl2N2O2/c22-18-8-2-16(3-9-18)6-12-20(26)24-14-1-15-25-21(27)13-7-17-4-10-19(23)11-5-17/h2-13H,1,14-15H2,(H,24,26)(H,25,27). The van der Waals surface area contributed by atoms with Crippen LogP contribution in [0.25, 0.3) is 12.2 Å². The van der Waals surface area contributed by atoms with Crippen LogP contribution in [-0.2, 0) is 9.59 Å². The smallest absolute Gasteiger partial charge is 0.244 e. The lowest BCUT2D eigenvalue weighted by Gasteiger charge is -2.03. The van der Waals surface area contributed by atoms with Gasteiger partial charge in [0.05, 0.1) is 0 Å². The zero-order valence-electron chi connectivity index (χ0n) is 14.6. The summed E-state index contributed by atoms with van der Waals surface area (Å²) in [6, 6.07) is 14.4. The zero-order chi connectivity index (χ0) is 19.5. The van der Waals surface area contributed by atoms with Crippen molar-refractivity contribution in [1.82, 2.24) is 10.6 Å². The Morgan fingerprint density at radius 3 is 1.44 bits per heavy atom. The Morgan fingerprint density at radius 1 is 0.704 bits per heavy atom. The van der Waals surface area contributed by atoms with Crippen LogP contribution in [-0.4, -0.2) is 24.9 Å². The highest BCUT2D eigenvalue weighted by molar-refractivity contribution is 6.30. The van der Waals surface area contributed by atoms with Crippen LogP contribution in [0.3, 0.4) is 0 Å². The molecule has 0 bridgehead atoms. The van der Waals surface area contributed by atoms with Crippen LogP contribution >= 0.6 is 23.2 Å². The van der Waals surface area contributed by atoms with Crippen LogP contribution in [0.2, 0.25) is 10.0 Å². The van der Waals surface area contributed by atoms with Gasteiger partial charge in [-0.3, -0.25) is 9.59 Å². The SMILES string of the molecule is O=C(C=Cc1ccc(Cl)cc1)NCCCNC(=O)C=Cc1ccc(Cl)cc1. The quantitative estimate of drug-likeness (QED) is 0.509. The van der Waals surface area contributed by atoms with E-state index in [2.05, 4.69) is 10.6 Å². The van der Waals surface area contributed by atoms with Crippen LogP contribution in [0.5, 0.6) is 0 Å². The molecule has 0 aliphatic carbocycles. The fourth-order valence-electron chi connectivity index (χ4n) is 2.12. The molecule has 27 heavy (non-hydrogen) atoms. The third kappa shape index (κ3) is 8.58. The molecule has 0 heterocycles. The largest absolute Gasteiger partial charge is 0.352 e. The van der Waals surface area contributed by atoms with Gasteiger partial charge in [-0.25, -0.2) is 0 Å². The first-order valence-electron chi connectivity index (χ1n) is 8.46. The molecule has 2 amide bonds. The van der Waals surface area contributed by atoms with Gasteiger partial charge in [0.2, 0.25) is 11.8 Å². The summed E-state index contributed by atoms with van der Waals surface area (Å²) in [5.41, 5.74) is 1.79. The summed E-state index contributed by atoms with van der Waals surface area (Å²) in [7, 11) is 0. The summed E-state index contributed by atoms with van der Waals surface area (Å²) in [5.74, 6) is -0.363. The van der Waals surface area contributed by atoms with Crippen molar-refractivity contribution in [3.8, 4) is 0 Å². The summed E-state index contributed by atoms with van der Waals surface area (Å²) in [6.45, 7) is 0.954. The molecule has 2 aromatic carbocycles. The van der Waals surface area contributed by atoms with Crippen LogP contribution in [0.4, 0.5) is 0 Å². The molecule has 0 fully saturated rings. The molecule has 0 unspecified atom stereocenters. The van der Waals surface area contributed by atoms with Crippen molar-refractivity contribution in [3.05, 3.63) is 81.9 Å². The molecule has 0 atom stereocenters. The highest BCUT2D eigenvalue weighted by Crippen LogP contribution is 2.11. The van der Waals surface area contributed by atoms with Gasteiger partial charge in [0.25, 0.3) is 0 Å². The van der Waals surface area contributed by atoms with Crippen molar-refractivity contribution in [3.63, 3.8) is 0 Å². The van der Waals surface area contributed by atoms with Crippen LogP contribution in [0, 0.1) is 0 Å². The van der Waals surface area contributed by atoms with Crippen molar-refractivity contribution in [2.45, 2.75) is 6.42 Å². The normalized spacial score (nSPS) is 11.0. The third-order valence-electron chi connectivity index (χ3n) is 3.55. The van der Waals surface area contributed by atoms with Gasteiger partial charge < -0.3 is 10.6 Å². The second-order valence-electron chi connectivity index (χ2n) is 5.71. The zero-order valence-corrected chi connectivity index (χ0v) is 16.1. The van der Waals surface area contributed by atoms with E-state index in [9.17, 15) is 9.59 Å². The van der Waals surface area contributed by atoms with Crippen molar-refractivity contribution >= 4 is 47.2 Å². The predicted octanol–water partition coefficient (Wildman–Crippen LogP) is 4.34. The second-order valence-corrected chi connectivity index (χ2v) is 6.58. The van der Waals surface area contributed by atoms with Gasteiger partial charge in [-0.05, 0) is 54.0 Å². The van der Waals surface area contributed by atoms with E-state index in [0.29, 0.717) is 29.6 Å². The maximum Gasteiger partial charge on any atom is 0.244 e. The molecule has 2 N–H and O–H groups in total. The maximum absolute atomic E-state index is 11.7. The van der Waals surface area contributed by atoms with E-state index in [0.717, 1.165) is 11.1 Å². The number of halogens is 2. The summed E-state index contributed by atoms with van der Waals surface area (Å²) in [6.07, 6.45) is 7.01. The molecule has 6 heteroatoms. The molecule has 0 aromatic heterocycles. The Hall–Kier alpha value is -2.56. The van der Waals surface area contributed by atoms with Crippen LogP contribution < -0.4 is 10.6 Å². The number of rotatable bonds is 8.